The molecule has 2 aliphatic heterocycles. The van der Waals surface area contributed by atoms with Crippen LogP contribution in [0.5, 0.6) is 0 Å². The van der Waals surface area contributed by atoms with Crippen molar-refractivity contribution in [3.8, 4) is 0 Å². The summed E-state index contributed by atoms with van der Waals surface area (Å²) in [6, 6.07) is 0. The summed E-state index contributed by atoms with van der Waals surface area (Å²) in [6.07, 6.45) is -6.12. The number of ether oxygens (including phenoxy) is 1. The molecule has 0 radical (unpaired) electrons. The number of aromatic nitrogens is 2. The van der Waals surface area contributed by atoms with Gasteiger partial charge in [0.05, 0.1) is 12.8 Å². The first kappa shape index (κ1) is 22.7. The van der Waals surface area contributed by atoms with Gasteiger partial charge in [0.15, 0.2) is 23.8 Å². The van der Waals surface area contributed by atoms with Crippen molar-refractivity contribution < 1.29 is 56.0 Å². The van der Waals surface area contributed by atoms with Gasteiger partial charge in [-0.05, 0) is 0 Å². The lowest BCUT2D eigenvalue weighted by Crippen LogP contribution is -2.36. The van der Waals surface area contributed by atoms with Gasteiger partial charge in [-0.25, -0.2) is 22.4 Å². The first-order valence-corrected chi connectivity index (χ1v) is 12.6. The molecule has 0 spiro atoms. The third kappa shape index (κ3) is 4.84. The van der Waals surface area contributed by atoms with Crippen molar-refractivity contribution in [2.24, 2.45) is 0 Å². The molecule has 1 aromatic heterocycles. The second-order valence-electron chi connectivity index (χ2n) is 6.03. The van der Waals surface area contributed by atoms with E-state index < -0.39 is 77.4 Å². The van der Waals surface area contributed by atoms with Crippen LogP contribution in [0, 0.1) is 5.82 Å². The van der Waals surface area contributed by atoms with Gasteiger partial charge in [0, 0.05) is 0 Å². The fraction of sp³-hybridized carbons (Fsp3) is 0.600. The highest BCUT2D eigenvalue weighted by Gasteiger charge is 2.53. The Balaban J connectivity index is 1.76. The van der Waals surface area contributed by atoms with Gasteiger partial charge in [-0.2, -0.15) is 4.98 Å². The normalized spacial score (nSPS) is 42.8. The molecule has 0 aromatic carbocycles. The van der Waals surface area contributed by atoms with E-state index in [9.17, 15) is 42.9 Å². The number of aliphatic hydroxyl groups is 2. The number of nitrogen functional groups attached to an aromatic ring is 1. The van der Waals surface area contributed by atoms with Crippen molar-refractivity contribution >= 4 is 28.8 Å². The molecule has 2 saturated heterocycles. The molecule has 2 fully saturated rings. The predicted octanol–water partition coefficient (Wildman–Crippen LogP) is -0.916. The molecule has 0 saturated carbocycles. The van der Waals surface area contributed by atoms with Crippen LogP contribution in [-0.4, -0.2) is 60.4 Å². The fourth-order valence-corrected chi connectivity index (χ4v) is 9.51. The summed E-state index contributed by atoms with van der Waals surface area (Å²) in [5.41, 5.74) is 4.05. The third-order valence-corrected chi connectivity index (χ3v) is 10.8. The minimum atomic E-state index is -5.16. The number of nitrogens with zero attached hydrogens (tertiary/aromatic N) is 2. The standard InChI is InChI=1S/C10H15FN3O12P3/c11-4-1-14(10(17)13-8(4)12)9-7(16)6(15)5(24-9)2-23-28(20)3-27(18,19)25-29(21,22)26-28/h1,5-7,9,15-16H,2-3H2,(H,18,19)(H,21,22)(H2,12,13,17)/t5-,6?,7?,9-,28?/m1/s1. The van der Waals surface area contributed by atoms with E-state index in [1.165, 1.54) is 0 Å². The van der Waals surface area contributed by atoms with Crippen LogP contribution in [0.15, 0.2) is 11.0 Å². The topological polar surface area (TPSA) is 230 Å². The molecular weight excluding hydrogens is 466 g/mol. The van der Waals surface area contributed by atoms with Gasteiger partial charge in [-0.1, -0.05) is 0 Å². The number of nitrogens with two attached hydrogens (primary N) is 1. The minimum absolute atomic E-state index is 0.510. The maximum atomic E-state index is 13.6. The lowest BCUT2D eigenvalue weighted by molar-refractivity contribution is -0.0527. The lowest BCUT2D eigenvalue weighted by atomic mass is 10.1. The van der Waals surface area contributed by atoms with Crippen molar-refractivity contribution in [3.63, 3.8) is 0 Å². The molecule has 19 heteroatoms. The molecule has 6 N–H and O–H groups in total. The zero-order valence-corrected chi connectivity index (χ0v) is 16.7. The van der Waals surface area contributed by atoms with E-state index in [1.54, 1.807) is 0 Å². The summed E-state index contributed by atoms with van der Waals surface area (Å²) in [6.45, 7) is -0.869. The van der Waals surface area contributed by atoms with Gasteiger partial charge in [0.1, 0.15) is 18.3 Å². The molecule has 2 aliphatic rings. The van der Waals surface area contributed by atoms with Crippen molar-refractivity contribution in [3.05, 3.63) is 22.5 Å². The van der Waals surface area contributed by atoms with Crippen molar-refractivity contribution in [2.75, 3.05) is 18.2 Å². The Kier molecular flexibility index (Phi) is 5.93. The first-order valence-electron chi connectivity index (χ1n) is 7.59. The van der Waals surface area contributed by atoms with E-state index in [4.69, 9.17) is 15.0 Å². The quantitative estimate of drug-likeness (QED) is 0.328. The summed E-state index contributed by atoms with van der Waals surface area (Å²) in [7, 11) is -14.6. The van der Waals surface area contributed by atoms with Gasteiger partial charge in [0.25, 0.3) is 0 Å². The molecule has 7 atom stereocenters. The number of halogens is 1. The molecule has 3 heterocycles. The highest BCUT2D eigenvalue weighted by Crippen LogP contribution is 2.78. The zero-order chi connectivity index (χ0) is 21.8. The van der Waals surface area contributed by atoms with E-state index in [1.807, 2.05) is 0 Å². The van der Waals surface area contributed by atoms with Gasteiger partial charge in [-0.15, -0.1) is 0 Å². The molecule has 1 aromatic rings. The van der Waals surface area contributed by atoms with Crippen LogP contribution in [0.4, 0.5) is 10.2 Å². The number of hydrogen-bond acceptors (Lipinski definition) is 12. The van der Waals surface area contributed by atoms with Crippen LogP contribution in [-0.2, 0) is 31.6 Å². The average Bonchev–Trinajstić information content (AvgIpc) is 2.81. The Morgan fingerprint density at radius 2 is 1.93 bits per heavy atom. The number of rotatable bonds is 4. The van der Waals surface area contributed by atoms with E-state index >= 15 is 0 Å². The smallest absolute Gasteiger partial charge is 0.387 e. The van der Waals surface area contributed by atoms with Crippen molar-refractivity contribution in [1.82, 2.24) is 9.55 Å². The fourth-order valence-electron chi connectivity index (χ4n) is 2.59. The van der Waals surface area contributed by atoms with Crippen LogP contribution >= 0.6 is 23.0 Å². The SMILES string of the molecule is Nc1nc(=O)n([C@@H]2O[C@H](COP3(=O)CP(=O)(O)OP(=O)(O)O3)C(O)C2O)cc1F. The number of anilines is 1. The summed E-state index contributed by atoms with van der Waals surface area (Å²) < 4.78 is 67.6. The van der Waals surface area contributed by atoms with Crippen molar-refractivity contribution in [1.29, 1.82) is 0 Å². The zero-order valence-electron chi connectivity index (χ0n) is 14.0. The van der Waals surface area contributed by atoms with Crippen molar-refractivity contribution in [2.45, 2.75) is 24.5 Å². The van der Waals surface area contributed by atoms with Crippen LogP contribution in [0.2, 0.25) is 0 Å². The predicted molar refractivity (Wildman–Crippen MR) is 89.0 cm³/mol. The van der Waals surface area contributed by atoms with Crippen LogP contribution < -0.4 is 11.4 Å². The third-order valence-electron chi connectivity index (χ3n) is 3.79. The van der Waals surface area contributed by atoms with Gasteiger partial charge >= 0.3 is 28.7 Å². The highest BCUT2D eigenvalue weighted by atomic mass is 31.3. The summed E-state index contributed by atoms with van der Waals surface area (Å²) in [4.78, 5) is 33.6. The molecule has 0 amide bonds. The number of aliphatic hydroxyl groups excluding tert-OH is 2. The molecule has 29 heavy (non-hydrogen) atoms. The summed E-state index contributed by atoms with van der Waals surface area (Å²) >= 11 is 0. The first-order chi connectivity index (χ1) is 13.2. The van der Waals surface area contributed by atoms with Gasteiger partial charge < -0.3 is 35.0 Å². The number of hydrogen-bond donors (Lipinski definition) is 5. The highest BCUT2D eigenvalue weighted by molar-refractivity contribution is 7.81. The minimum Gasteiger partial charge on any atom is -0.387 e. The largest absolute Gasteiger partial charge is 0.486 e. The second-order valence-corrected chi connectivity index (χ2v) is 12.2. The molecule has 5 unspecified atom stereocenters. The molecular formula is C10H15FN3O12P3. The Bertz CT molecular complexity index is 989. The van der Waals surface area contributed by atoms with E-state index in [2.05, 4.69) is 13.6 Å². The Hall–Kier alpha value is -1.02. The Morgan fingerprint density at radius 1 is 1.28 bits per heavy atom. The van der Waals surface area contributed by atoms with Gasteiger partial charge in [0.2, 0.25) is 0 Å². The van der Waals surface area contributed by atoms with E-state index in [0.29, 0.717) is 10.8 Å². The van der Waals surface area contributed by atoms with E-state index in [-0.39, 0.29) is 0 Å². The Morgan fingerprint density at radius 3 is 2.55 bits per heavy atom. The lowest BCUT2D eigenvalue weighted by Gasteiger charge is -2.28. The van der Waals surface area contributed by atoms with Crippen LogP contribution in [0.25, 0.3) is 0 Å². The monoisotopic (exact) mass is 481 g/mol. The maximum Gasteiger partial charge on any atom is 0.486 e. The van der Waals surface area contributed by atoms with E-state index in [0.717, 1.165) is 0 Å². The average molecular weight is 481 g/mol. The number of phosphoric acid groups is 1. The molecule has 0 bridgehead atoms. The molecule has 15 nitrogen and oxygen atoms in total. The molecule has 0 aliphatic carbocycles. The Labute approximate surface area is 160 Å². The summed E-state index contributed by atoms with van der Waals surface area (Å²) in [5.74, 6) is -3.06. The van der Waals surface area contributed by atoms with Gasteiger partial charge in [-0.3, -0.25) is 13.7 Å². The maximum absolute atomic E-state index is 13.6. The van der Waals surface area contributed by atoms with Crippen LogP contribution in [0.1, 0.15) is 6.23 Å². The summed E-state index contributed by atoms with van der Waals surface area (Å²) in [5, 5.41) is 20.1. The molecule has 3 rings (SSSR count). The second kappa shape index (κ2) is 7.59. The van der Waals surface area contributed by atoms with Crippen LogP contribution in [0.3, 0.4) is 0 Å². The molecule has 164 valence electrons.